The number of ether oxygens (including phenoxy) is 1. The first kappa shape index (κ1) is 17.7. The van der Waals surface area contributed by atoms with Crippen LogP contribution >= 0.6 is 23.1 Å². The molecule has 0 saturated carbocycles. The maximum Gasteiger partial charge on any atom is 0.236 e. The Bertz CT molecular complexity index is 803. The maximum atomic E-state index is 12.1. The molecular weight excluding hydrogens is 356 g/mol. The fourth-order valence-electron chi connectivity index (χ4n) is 2.28. The number of carbonyl (C=O) groups excluding carboxylic acids is 1. The third-order valence-electron chi connectivity index (χ3n) is 3.42. The first-order valence-corrected chi connectivity index (χ1v) is 9.56. The van der Waals surface area contributed by atoms with Gasteiger partial charge >= 0.3 is 0 Å². The second-order valence-electron chi connectivity index (χ2n) is 5.11. The zero-order chi connectivity index (χ0) is 17.5. The number of rotatable bonds is 8. The molecule has 0 radical (unpaired) electrons. The topological polar surface area (TPSA) is 69.0 Å². The van der Waals surface area contributed by atoms with Crippen molar-refractivity contribution in [2.75, 3.05) is 24.8 Å². The van der Waals surface area contributed by atoms with Crippen LogP contribution in [0.1, 0.15) is 0 Å². The zero-order valence-electron chi connectivity index (χ0n) is 13.7. The van der Waals surface area contributed by atoms with E-state index < -0.39 is 0 Å². The normalized spacial score (nSPS) is 10.8. The van der Waals surface area contributed by atoms with Crippen LogP contribution in [0.25, 0.3) is 11.3 Å². The van der Waals surface area contributed by atoms with Crippen molar-refractivity contribution in [1.29, 1.82) is 0 Å². The lowest BCUT2D eigenvalue weighted by Gasteiger charge is -2.11. The van der Waals surface area contributed by atoms with E-state index in [0.29, 0.717) is 18.3 Å². The van der Waals surface area contributed by atoms with Crippen LogP contribution in [0.15, 0.2) is 53.3 Å². The van der Waals surface area contributed by atoms with Crippen LogP contribution in [0, 0.1) is 0 Å². The minimum Gasteiger partial charge on any atom is -0.383 e. The molecule has 0 unspecified atom stereocenters. The molecular formula is C17H18N4O2S2. The van der Waals surface area contributed by atoms with Crippen molar-refractivity contribution in [3.05, 3.63) is 48.1 Å². The molecule has 0 spiro atoms. The monoisotopic (exact) mass is 374 g/mol. The summed E-state index contributed by atoms with van der Waals surface area (Å²) in [5, 5.41) is 6.01. The SMILES string of the molecule is COCCn1c(-c2ccccc2)cnc1SCC(=O)Nc1nccs1. The minimum absolute atomic E-state index is 0.0949. The standard InChI is InChI=1S/C17H18N4O2S2/c1-23-9-8-21-14(13-5-3-2-4-6-13)11-19-17(21)25-12-15(22)20-16-18-7-10-24-16/h2-7,10-11H,8-9,12H2,1H3,(H,18,20,22). The van der Waals surface area contributed by atoms with E-state index in [9.17, 15) is 4.79 Å². The summed E-state index contributed by atoms with van der Waals surface area (Å²) >= 11 is 2.80. The van der Waals surface area contributed by atoms with Gasteiger partial charge in [0.05, 0.1) is 24.3 Å². The Morgan fingerprint density at radius 1 is 1.32 bits per heavy atom. The highest BCUT2D eigenvalue weighted by Crippen LogP contribution is 2.26. The minimum atomic E-state index is -0.0949. The molecule has 1 aromatic carbocycles. The van der Waals surface area contributed by atoms with E-state index in [2.05, 4.69) is 19.9 Å². The molecule has 25 heavy (non-hydrogen) atoms. The van der Waals surface area contributed by atoms with Crippen LogP contribution in [0.4, 0.5) is 5.13 Å². The van der Waals surface area contributed by atoms with E-state index in [1.807, 2.05) is 41.9 Å². The summed E-state index contributed by atoms with van der Waals surface area (Å²) in [6, 6.07) is 10.1. The van der Waals surface area contributed by atoms with Gasteiger partial charge in [-0.25, -0.2) is 9.97 Å². The number of aromatic nitrogens is 3. The Kier molecular flexibility index (Phi) is 6.21. The smallest absolute Gasteiger partial charge is 0.236 e. The summed E-state index contributed by atoms with van der Waals surface area (Å²) in [7, 11) is 1.67. The number of nitrogens with one attached hydrogen (secondary N) is 1. The van der Waals surface area contributed by atoms with Gasteiger partial charge in [0, 0.05) is 25.2 Å². The number of imidazole rings is 1. The highest BCUT2D eigenvalue weighted by atomic mass is 32.2. The molecule has 0 aliphatic carbocycles. The second-order valence-corrected chi connectivity index (χ2v) is 6.95. The molecule has 3 aromatic rings. The van der Waals surface area contributed by atoms with Crippen molar-refractivity contribution in [2.24, 2.45) is 0 Å². The molecule has 3 rings (SSSR count). The van der Waals surface area contributed by atoms with Crippen molar-refractivity contribution >= 4 is 34.1 Å². The molecule has 0 aliphatic heterocycles. The maximum absolute atomic E-state index is 12.1. The number of benzene rings is 1. The van der Waals surface area contributed by atoms with Gasteiger partial charge in [-0.3, -0.25) is 4.79 Å². The van der Waals surface area contributed by atoms with Gasteiger partial charge in [-0.15, -0.1) is 11.3 Å². The van der Waals surface area contributed by atoms with Gasteiger partial charge in [-0.1, -0.05) is 42.1 Å². The number of thioether (sulfide) groups is 1. The Balaban J connectivity index is 1.72. The average Bonchev–Trinajstić information content (AvgIpc) is 3.28. The van der Waals surface area contributed by atoms with Crippen molar-refractivity contribution in [2.45, 2.75) is 11.7 Å². The molecule has 6 nitrogen and oxygen atoms in total. The summed E-state index contributed by atoms with van der Waals surface area (Å²) in [5.41, 5.74) is 2.10. The van der Waals surface area contributed by atoms with E-state index in [4.69, 9.17) is 4.74 Å². The lowest BCUT2D eigenvalue weighted by atomic mass is 10.2. The molecule has 1 amide bonds. The number of nitrogens with zero attached hydrogens (tertiary/aromatic N) is 3. The number of hydrogen-bond acceptors (Lipinski definition) is 6. The zero-order valence-corrected chi connectivity index (χ0v) is 15.3. The number of thiazole rings is 1. The van der Waals surface area contributed by atoms with Gasteiger partial charge in [-0.05, 0) is 5.56 Å². The van der Waals surface area contributed by atoms with Crippen LogP contribution in [0.3, 0.4) is 0 Å². The molecule has 2 heterocycles. The van der Waals surface area contributed by atoms with E-state index in [1.54, 1.807) is 13.3 Å². The van der Waals surface area contributed by atoms with Gasteiger partial charge in [0.1, 0.15) is 0 Å². The Labute approximate surface area is 154 Å². The van der Waals surface area contributed by atoms with Crippen LogP contribution < -0.4 is 5.32 Å². The van der Waals surface area contributed by atoms with Crippen LogP contribution in [0.2, 0.25) is 0 Å². The van der Waals surface area contributed by atoms with Gasteiger partial charge in [0.15, 0.2) is 10.3 Å². The van der Waals surface area contributed by atoms with Gasteiger partial charge < -0.3 is 14.6 Å². The lowest BCUT2D eigenvalue weighted by molar-refractivity contribution is -0.113. The summed E-state index contributed by atoms with van der Waals surface area (Å²) in [6.45, 7) is 1.26. The van der Waals surface area contributed by atoms with Gasteiger partial charge in [0.25, 0.3) is 0 Å². The van der Waals surface area contributed by atoms with Crippen molar-refractivity contribution < 1.29 is 9.53 Å². The first-order chi connectivity index (χ1) is 12.3. The summed E-state index contributed by atoms with van der Waals surface area (Å²) in [4.78, 5) is 20.6. The van der Waals surface area contributed by atoms with Gasteiger partial charge in [-0.2, -0.15) is 0 Å². The average molecular weight is 374 g/mol. The fourth-order valence-corrected chi connectivity index (χ4v) is 3.63. The van der Waals surface area contributed by atoms with Crippen molar-refractivity contribution in [3.8, 4) is 11.3 Å². The van der Waals surface area contributed by atoms with E-state index in [1.165, 1.54) is 23.1 Å². The Hall–Kier alpha value is -2.16. The third kappa shape index (κ3) is 4.68. The predicted molar refractivity (Wildman–Crippen MR) is 101 cm³/mol. The van der Waals surface area contributed by atoms with Crippen LogP contribution in [-0.4, -0.2) is 39.9 Å². The summed E-state index contributed by atoms with van der Waals surface area (Å²) in [6.07, 6.45) is 3.50. The van der Waals surface area contributed by atoms with Crippen LogP contribution in [-0.2, 0) is 16.1 Å². The van der Waals surface area contributed by atoms with E-state index in [-0.39, 0.29) is 11.7 Å². The van der Waals surface area contributed by atoms with Crippen LogP contribution in [0.5, 0.6) is 0 Å². The lowest BCUT2D eigenvalue weighted by Crippen LogP contribution is -2.15. The second kappa shape index (κ2) is 8.80. The Morgan fingerprint density at radius 2 is 2.16 bits per heavy atom. The molecule has 0 bridgehead atoms. The molecule has 0 atom stereocenters. The molecule has 8 heteroatoms. The predicted octanol–water partition coefficient (Wildman–Crippen LogP) is 3.38. The van der Waals surface area contributed by atoms with Gasteiger partial charge in [0.2, 0.25) is 5.91 Å². The summed E-state index contributed by atoms with van der Waals surface area (Å²) < 4.78 is 7.30. The van der Waals surface area contributed by atoms with Crippen molar-refractivity contribution in [3.63, 3.8) is 0 Å². The van der Waals surface area contributed by atoms with E-state index in [0.717, 1.165) is 16.4 Å². The Morgan fingerprint density at radius 3 is 2.88 bits per heavy atom. The molecule has 2 aromatic heterocycles. The molecule has 0 saturated heterocycles. The first-order valence-electron chi connectivity index (χ1n) is 7.70. The quantitative estimate of drug-likeness (QED) is 0.612. The number of amides is 1. The highest BCUT2D eigenvalue weighted by Gasteiger charge is 2.14. The molecule has 0 fully saturated rings. The van der Waals surface area contributed by atoms with E-state index >= 15 is 0 Å². The summed E-state index contributed by atoms with van der Waals surface area (Å²) in [5.74, 6) is 0.181. The number of carbonyl (C=O) groups is 1. The highest BCUT2D eigenvalue weighted by molar-refractivity contribution is 7.99. The number of methoxy groups -OCH3 is 1. The molecule has 0 aliphatic rings. The fraction of sp³-hybridized carbons (Fsp3) is 0.235. The molecule has 130 valence electrons. The third-order valence-corrected chi connectivity index (χ3v) is 5.10. The molecule has 1 N–H and O–H groups in total. The van der Waals surface area contributed by atoms with Crippen molar-refractivity contribution in [1.82, 2.24) is 14.5 Å². The number of anilines is 1. The largest absolute Gasteiger partial charge is 0.383 e. The number of hydrogen-bond donors (Lipinski definition) is 1.